The number of phosphoric ester groups is 1. The van der Waals surface area contributed by atoms with E-state index in [1.54, 1.807) is 0 Å². The molecule has 1 saturated heterocycles. The number of carbonyl (C=O) groups excluding carboxylic acids is 5. The second-order valence-corrected chi connectivity index (χ2v) is 23.6. The average Bonchev–Trinajstić information content (AvgIpc) is 1.65. The molecule has 1 fully saturated rings. The molecule has 2 aromatic carbocycles. The lowest BCUT2D eigenvalue weighted by molar-refractivity contribution is -0.144. The molecule has 0 aliphatic carbocycles. The quantitative estimate of drug-likeness (QED) is 0.00539. The summed E-state index contributed by atoms with van der Waals surface area (Å²) < 4.78 is 70.5. The Hall–Kier alpha value is -9.25. The molecule has 4 aromatic rings. The van der Waals surface area contributed by atoms with E-state index < -0.39 is 169 Å². The van der Waals surface area contributed by atoms with Gasteiger partial charge >= 0.3 is 47.3 Å². The van der Waals surface area contributed by atoms with Crippen LogP contribution in [-0.2, 0) is 65.0 Å². The topological polar surface area (TPSA) is 617 Å². The van der Waals surface area contributed by atoms with Gasteiger partial charge in [0.15, 0.2) is 11.8 Å². The number of nitrogen functional groups attached to an aromatic ring is 1. The highest BCUT2D eigenvalue weighted by Crippen LogP contribution is 2.66. The fourth-order valence-electron chi connectivity index (χ4n) is 8.12. The van der Waals surface area contributed by atoms with Gasteiger partial charge in [-0.15, -0.1) is 6.58 Å². The number of nitrogens with zero attached hydrogens (tertiary/aromatic N) is 6. The molecule has 3 heterocycles. The first kappa shape index (κ1) is 74.5. The van der Waals surface area contributed by atoms with Gasteiger partial charge in [-0.3, -0.25) is 38.1 Å². The molecule has 0 radical (unpaired) electrons. The van der Waals surface area contributed by atoms with Crippen LogP contribution in [0.2, 0.25) is 0 Å². The molecular weight excluding hydrogens is 1310 g/mol. The minimum Gasteiger partial charge on any atom is -0.491 e. The number of carbonyl (C=O) groups is 9. The van der Waals surface area contributed by atoms with Gasteiger partial charge in [0, 0.05) is 65.7 Å². The maximum absolute atomic E-state index is 13.5. The number of anilines is 1. The molecular formula is C50H59N12O28P3. The molecule has 16 N–H and O–H groups in total. The number of carboxylic acids is 4. The van der Waals surface area contributed by atoms with Crippen LogP contribution in [0.4, 0.5) is 5.82 Å². The van der Waals surface area contributed by atoms with Gasteiger partial charge in [-0.25, -0.2) is 33.3 Å². The van der Waals surface area contributed by atoms with E-state index in [1.807, 2.05) is 0 Å². The lowest BCUT2D eigenvalue weighted by atomic mass is 9.92. The van der Waals surface area contributed by atoms with Crippen molar-refractivity contribution < 1.29 is 134 Å². The summed E-state index contributed by atoms with van der Waals surface area (Å²) in [7, 11) is -17.0. The zero-order valence-corrected chi connectivity index (χ0v) is 50.6. The van der Waals surface area contributed by atoms with Crippen LogP contribution in [0.3, 0.4) is 0 Å². The maximum Gasteiger partial charge on any atom is 0.490 e. The van der Waals surface area contributed by atoms with E-state index >= 15 is 0 Å². The molecule has 93 heavy (non-hydrogen) atoms. The number of hydrogen-bond donors (Lipinski definition) is 15. The van der Waals surface area contributed by atoms with Crippen molar-refractivity contribution in [1.82, 2.24) is 41.1 Å². The number of aliphatic hydroxyl groups is 1. The molecule has 0 bridgehead atoms. The number of amides is 5. The average molecular weight is 1370 g/mol. The summed E-state index contributed by atoms with van der Waals surface area (Å²) in [6.45, 7) is 0.493. The van der Waals surface area contributed by atoms with E-state index in [0.717, 1.165) is 30.6 Å². The number of aromatic nitrogens is 3. The second kappa shape index (κ2) is 33.9. The van der Waals surface area contributed by atoms with E-state index in [4.69, 9.17) is 45.1 Å². The van der Waals surface area contributed by atoms with Gasteiger partial charge in [0.05, 0.1) is 43.4 Å². The first-order chi connectivity index (χ1) is 43.7. The monoisotopic (exact) mass is 1370 g/mol. The van der Waals surface area contributed by atoms with Gasteiger partial charge in [0.1, 0.15) is 55.1 Å². The van der Waals surface area contributed by atoms with Gasteiger partial charge in [-0.05, 0) is 54.8 Å². The molecule has 0 spiro atoms. The molecule has 5 rings (SSSR count). The van der Waals surface area contributed by atoms with E-state index in [0.29, 0.717) is 0 Å². The molecule has 5 amide bonds. The Balaban J connectivity index is 1.08. The molecule has 1 aliphatic rings. The largest absolute Gasteiger partial charge is 0.491 e. The highest BCUT2D eigenvalue weighted by molar-refractivity contribution is 7.66. The van der Waals surface area contributed by atoms with Crippen LogP contribution in [0, 0.1) is 11.8 Å². The summed E-state index contributed by atoms with van der Waals surface area (Å²) in [5, 5.41) is 63.9. The minimum atomic E-state index is -5.81. The van der Waals surface area contributed by atoms with Crippen LogP contribution >= 0.6 is 23.5 Å². The number of aliphatic hydroxyl groups excluding tert-OH is 1. The Morgan fingerprint density at radius 3 is 2.15 bits per heavy atom. The van der Waals surface area contributed by atoms with Gasteiger partial charge < -0.3 is 101 Å². The van der Waals surface area contributed by atoms with Crippen molar-refractivity contribution in [2.45, 2.75) is 68.3 Å². The summed E-state index contributed by atoms with van der Waals surface area (Å²) in [5.74, 6) is -5.13. The van der Waals surface area contributed by atoms with E-state index in [2.05, 4.69) is 78.1 Å². The molecule has 1 aliphatic heterocycles. The van der Waals surface area contributed by atoms with E-state index in [-0.39, 0.29) is 79.6 Å². The zero-order valence-electron chi connectivity index (χ0n) is 47.9. The highest BCUT2D eigenvalue weighted by Gasteiger charge is 2.44. The first-order valence-electron chi connectivity index (χ1n) is 26.6. The third kappa shape index (κ3) is 23.4. The number of nitrogens with two attached hydrogens (primary N) is 1. The minimum absolute atomic E-state index is 0.0197. The Morgan fingerprint density at radius 1 is 0.871 bits per heavy atom. The molecule has 43 heteroatoms. The SMILES string of the molecule is C=CC(CCC(=O)O)(NC(=O)c1cc(C(=O)NCCNC(=O)c2cccc(OCC(N=[N+]=[N-])OCCOCC(=O)NCC#Cc3cn([C@H]4C[C@H](O)[C@@H](COP(=O)(O)OP(=O)(O)OP(=O)(O)O)O4)c4ncnc(N)c34)c2)cc(C(=O)N[C@@H](CCC(=O)O)C(=O)O)c1)C(=O)O. The summed E-state index contributed by atoms with van der Waals surface area (Å²) in [5.41, 5.74) is 11.9. The van der Waals surface area contributed by atoms with E-state index in [9.17, 15) is 87.1 Å². The lowest BCUT2D eigenvalue weighted by Crippen LogP contribution is -2.53. The molecule has 40 nitrogen and oxygen atoms in total. The smallest absolute Gasteiger partial charge is 0.490 e. The third-order valence-electron chi connectivity index (χ3n) is 12.5. The van der Waals surface area contributed by atoms with Crippen molar-refractivity contribution in [3.05, 3.63) is 106 Å². The summed E-state index contributed by atoms with van der Waals surface area (Å²) in [6, 6.07) is 6.65. The van der Waals surface area contributed by atoms with Crippen molar-refractivity contribution >= 4 is 93.7 Å². The summed E-state index contributed by atoms with van der Waals surface area (Å²) in [6.07, 6.45) is -4.54. The van der Waals surface area contributed by atoms with Crippen LogP contribution in [0.15, 0.2) is 72.8 Å². The Kier molecular flexibility index (Phi) is 27.1. The van der Waals surface area contributed by atoms with Crippen molar-refractivity contribution in [3.8, 4) is 17.6 Å². The normalized spacial score (nSPS) is 17.0. The molecule has 8 atom stereocenters. The number of hydrogen-bond acceptors (Lipinski definition) is 24. The van der Waals surface area contributed by atoms with Gasteiger partial charge in [0.25, 0.3) is 23.6 Å². The lowest BCUT2D eigenvalue weighted by Gasteiger charge is -2.27. The summed E-state index contributed by atoms with van der Waals surface area (Å²) >= 11 is 0. The van der Waals surface area contributed by atoms with E-state index in [1.165, 1.54) is 35.0 Å². The van der Waals surface area contributed by atoms with Crippen LogP contribution in [0.5, 0.6) is 5.75 Å². The maximum atomic E-state index is 13.5. The predicted molar refractivity (Wildman–Crippen MR) is 310 cm³/mol. The van der Waals surface area contributed by atoms with Gasteiger partial charge in [-0.1, -0.05) is 29.1 Å². The zero-order chi connectivity index (χ0) is 68.8. The number of ether oxygens (including phenoxy) is 4. The molecule has 0 saturated carbocycles. The van der Waals surface area contributed by atoms with Crippen LogP contribution in [-0.4, -0.2) is 196 Å². The van der Waals surface area contributed by atoms with Crippen molar-refractivity contribution in [2.24, 2.45) is 5.11 Å². The van der Waals surface area contributed by atoms with Crippen molar-refractivity contribution in [3.63, 3.8) is 0 Å². The number of nitrogens with one attached hydrogen (secondary N) is 5. The molecule has 4 unspecified atom stereocenters. The molecule has 2 aromatic heterocycles. The first-order valence-corrected chi connectivity index (χ1v) is 31.1. The Morgan fingerprint density at radius 2 is 1.53 bits per heavy atom. The number of benzene rings is 2. The third-order valence-corrected chi connectivity index (χ3v) is 16.3. The van der Waals surface area contributed by atoms with Gasteiger partial charge in [-0.2, -0.15) is 8.62 Å². The highest BCUT2D eigenvalue weighted by atomic mass is 31.3. The number of carboxylic acid groups (broad SMARTS) is 4. The standard InChI is InChI=1S/C50H59N12O28P3/c1-2-50(49(75)76,11-10-40(67)68)59-47(72)31-18-29(17-30(19-31)46(71)58-33(48(73)74)8-9-39(65)66)45(70)55-14-13-54-44(69)27-5-3-7-32(20-27)86-25-37(60-61-52)85-16-15-84-24-36(64)53-12-4-6-28-22-62(43-41(28)42(51)56-26-57-43)38-21-34(63)35(88-38)23-87-92(80,81)90-93(82,83)89-91(77,78)79/h2-3,5,7,17-20,22,26,33-35,37-38,63H,1,8-16,21,23-25H2,(H,53,64)(H,54,69)(H,55,70)(H,58,71)(H,59,72)(H,65,66)(H,67,68)(H,73,74)(H,75,76)(H,80,81)(H,82,83)(H2,51,56,57)(H2,77,78,79)/t33-,34-,35+,37?,38+,50?/m0/s1. The number of aliphatic carboxylic acids is 4. The fourth-order valence-corrected chi connectivity index (χ4v) is 11.2. The van der Waals surface area contributed by atoms with Crippen molar-refractivity contribution in [2.75, 3.05) is 58.4 Å². The number of fused-ring (bicyclic) bond motifs is 1. The second-order valence-electron chi connectivity index (χ2n) is 19.2. The van der Waals surface area contributed by atoms with Crippen LogP contribution < -0.4 is 37.1 Å². The summed E-state index contributed by atoms with van der Waals surface area (Å²) in [4.78, 5) is 160. The number of azide groups is 1. The van der Waals surface area contributed by atoms with Crippen molar-refractivity contribution in [1.29, 1.82) is 0 Å². The van der Waals surface area contributed by atoms with Crippen LogP contribution in [0.1, 0.15) is 85.3 Å². The molecule has 502 valence electrons. The van der Waals surface area contributed by atoms with Crippen LogP contribution in [0.25, 0.3) is 21.5 Å². The fraction of sp³-hybridized carbons (Fsp3) is 0.380. The Labute approximate surface area is 522 Å². The number of phosphoric acid groups is 3. The predicted octanol–water partition coefficient (Wildman–Crippen LogP) is 0.0331. The Bertz CT molecular complexity index is 3760. The van der Waals surface area contributed by atoms with Gasteiger partial charge in [0.2, 0.25) is 5.91 Å². The number of rotatable bonds is 37.